The van der Waals surface area contributed by atoms with Crippen molar-refractivity contribution in [2.75, 3.05) is 0 Å². The van der Waals surface area contributed by atoms with E-state index in [0.29, 0.717) is 0 Å². The van der Waals surface area contributed by atoms with Crippen LogP contribution in [-0.2, 0) is 0 Å². The molecule has 1 heterocycles. The number of hydrogen-bond acceptors (Lipinski definition) is 3. The van der Waals surface area contributed by atoms with Gasteiger partial charge in [0.1, 0.15) is 6.33 Å². The van der Waals surface area contributed by atoms with Crippen LogP contribution < -0.4 is 5.73 Å². The van der Waals surface area contributed by atoms with E-state index in [9.17, 15) is 4.79 Å². The standard InChI is InChI=1S/C11H12N4O/c1-8(9-5-3-2-4-6-9)15-7-13-11(14-15)10(12)16/h2-8H,1H3,(H2,12,16). The summed E-state index contributed by atoms with van der Waals surface area (Å²) in [5.74, 6) is -0.568. The Balaban J connectivity index is 2.27. The molecule has 82 valence electrons. The van der Waals surface area contributed by atoms with Crippen molar-refractivity contribution in [3.05, 3.63) is 48.0 Å². The Bertz CT molecular complexity index is 492. The van der Waals surface area contributed by atoms with Crippen LogP contribution in [-0.4, -0.2) is 20.7 Å². The summed E-state index contributed by atoms with van der Waals surface area (Å²) in [6.07, 6.45) is 1.51. The largest absolute Gasteiger partial charge is 0.363 e. The lowest BCUT2D eigenvalue weighted by Gasteiger charge is -2.10. The number of carbonyl (C=O) groups excluding carboxylic acids is 1. The van der Waals surface area contributed by atoms with Crippen LogP contribution in [0, 0.1) is 0 Å². The van der Waals surface area contributed by atoms with E-state index in [-0.39, 0.29) is 11.9 Å². The Morgan fingerprint density at radius 2 is 2.06 bits per heavy atom. The van der Waals surface area contributed by atoms with Gasteiger partial charge in [0.25, 0.3) is 5.91 Å². The van der Waals surface area contributed by atoms with Gasteiger partial charge < -0.3 is 5.73 Å². The third-order valence-electron chi connectivity index (χ3n) is 2.41. The maximum Gasteiger partial charge on any atom is 0.288 e. The number of rotatable bonds is 3. The minimum Gasteiger partial charge on any atom is -0.363 e. The van der Waals surface area contributed by atoms with Gasteiger partial charge in [-0.1, -0.05) is 30.3 Å². The van der Waals surface area contributed by atoms with Crippen LogP contribution >= 0.6 is 0 Å². The second kappa shape index (κ2) is 4.14. The fourth-order valence-corrected chi connectivity index (χ4v) is 1.46. The first-order valence-electron chi connectivity index (χ1n) is 4.94. The fraction of sp³-hybridized carbons (Fsp3) is 0.182. The summed E-state index contributed by atoms with van der Waals surface area (Å²) in [7, 11) is 0. The Labute approximate surface area is 92.9 Å². The van der Waals surface area contributed by atoms with Crippen molar-refractivity contribution < 1.29 is 4.79 Å². The van der Waals surface area contributed by atoms with Crippen LogP contribution in [0.5, 0.6) is 0 Å². The van der Waals surface area contributed by atoms with Gasteiger partial charge in [0.05, 0.1) is 6.04 Å². The molecule has 0 saturated heterocycles. The zero-order valence-electron chi connectivity index (χ0n) is 8.87. The molecule has 1 amide bonds. The van der Waals surface area contributed by atoms with Crippen molar-refractivity contribution >= 4 is 5.91 Å². The van der Waals surface area contributed by atoms with Crippen molar-refractivity contribution in [1.82, 2.24) is 14.8 Å². The molecular weight excluding hydrogens is 204 g/mol. The van der Waals surface area contributed by atoms with E-state index < -0.39 is 5.91 Å². The minimum atomic E-state index is -0.612. The van der Waals surface area contributed by atoms with E-state index in [1.807, 2.05) is 37.3 Å². The molecule has 1 unspecified atom stereocenters. The SMILES string of the molecule is CC(c1ccccc1)n1cnc(C(N)=O)n1. The molecule has 5 nitrogen and oxygen atoms in total. The van der Waals surface area contributed by atoms with Gasteiger partial charge in [0.2, 0.25) is 5.82 Å². The Morgan fingerprint density at radius 1 is 1.38 bits per heavy atom. The number of nitrogens with zero attached hydrogens (tertiary/aromatic N) is 3. The summed E-state index contributed by atoms with van der Waals surface area (Å²) < 4.78 is 1.62. The van der Waals surface area contributed by atoms with Gasteiger partial charge >= 0.3 is 0 Å². The van der Waals surface area contributed by atoms with Gasteiger partial charge in [-0.3, -0.25) is 4.79 Å². The highest BCUT2D eigenvalue weighted by molar-refractivity contribution is 5.88. The lowest BCUT2D eigenvalue weighted by atomic mass is 10.1. The van der Waals surface area contributed by atoms with E-state index in [1.165, 1.54) is 6.33 Å². The van der Waals surface area contributed by atoms with Gasteiger partial charge in [-0.05, 0) is 12.5 Å². The maximum atomic E-state index is 10.9. The number of hydrogen-bond donors (Lipinski definition) is 1. The molecule has 1 aromatic heterocycles. The van der Waals surface area contributed by atoms with Gasteiger partial charge in [0.15, 0.2) is 0 Å². The molecule has 5 heteroatoms. The molecular formula is C11H12N4O. The van der Waals surface area contributed by atoms with Crippen molar-refractivity contribution in [1.29, 1.82) is 0 Å². The molecule has 2 rings (SSSR count). The van der Waals surface area contributed by atoms with Crippen LogP contribution in [0.3, 0.4) is 0 Å². The first-order valence-corrected chi connectivity index (χ1v) is 4.94. The zero-order chi connectivity index (χ0) is 11.5. The first-order chi connectivity index (χ1) is 7.68. The monoisotopic (exact) mass is 216 g/mol. The Morgan fingerprint density at radius 3 is 2.62 bits per heavy atom. The van der Waals surface area contributed by atoms with Crippen LogP contribution in [0.1, 0.15) is 29.1 Å². The summed E-state index contributed by atoms with van der Waals surface area (Å²) in [5.41, 5.74) is 6.19. The molecule has 0 aliphatic rings. The highest BCUT2D eigenvalue weighted by atomic mass is 16.1. The topological polar surface area (TPSA) is 73.8 Å². The van der Waals surface area contributed by atoms with Gasteiger partial charge in [-0.25, -0.2) is 9.67 Å². The summed E-state index contributed by atoms with van der Waals surface area (Å²) >= 11 is 0. The molecule has 1 aromatic carbocycles. The van der Waals surface area contributed by atoms with Gasteiger partial charge in [0, 0.05) is 0 Å². The second-order valence-electron chi connectivity index (χ2n) is 3.50. The Kier molecular flexibility index (Phi) is 2.68. The highest BCUT2D eigenvalue weighted by Crippen LogP contribution is 2.15. The molecule has 0 aliphatic carbocycles. The van der Waals surface area contributed by atoms with E-state index in [4.69, 9.17) is 5.73 Å². The number of carbonyl (C=O) groups is 1. The lowest BCUT2D eigenvalue weighted by molar-refractivity contribution is 0.0990. The van der Waals surface area contributed by atoms with Crippen molar-refractivity contribution in [2.24, 2.45) is 5.73 Å². The first kappa shape index (κ1) is 10.4. The van der Waals surface area contributed by atoms with E-state index >= 15 is 0 Å². The second-order valence-corrected chi connectivity index (χ2v) is 3.50. The number of aromatic nitrogens is 3. The van der Waals surface area contributed by atoms with Crippen molar-refractivity contribution in [2.45, 2.75) is 13.0 Å². The molecule has 2 aromatic rings. The van der Waals surface area contributed by atoms with E-state index in [1.54, 1.807) is 4.68 Å². The zero-order valence-corrected chi connectivity index (χ0v) is 8.87. The van der Waals surface area contributed by atoms with Crippen LogP contribution in [0.4, 0.5) is 0 Å². The van der Waals surface area contributed by atoms with E-state index in [0.717, 1.165) is 5.56 Å². The van der Waals surface area contributed by atoms with Crippen LogP contribution in [0.25, 0.3) is 0 Å². The van der Waals surface area contributed by atoms with Crippen molar-refractivity contribution in [3.8, 4) is 0 Å². The molecule has 0 spiro atoms. The molecule has 0 aliphatic heterocycles. The average Bonchev–Trinajstić information content (AvgIpc) is 2.78. The Hall–Kier alpha value is -2.17. The van der Waals surface area contributed by atoms with Crippen LogP contribution in [0.2, 0.25) is 0 Å². The smallest absolute Gasteiger partial charge is 0.288 e. The number of nitrogens with two attached hydrogens (primary N) is 1. The summed E-state index contributed by atoms with van der Waals surface area (Å²) in [5, 5.41) is 4.02. The molecule has 0 fully saturated rings. The quantitative estimate of drug-likeness (QED) is 0.831. The normalized spacial score (nSPS) is 12.3. The molecule has 0 saturated carbocycles. The molecule has 1 atom stereocenters. The molecule has 2 N–H and O–H groups in total. The predicted octanol–water partition coefficient (Wildman–Crippen LogP) is 0.986. The van der Waals surface area contributed by atoms with Crippen LogP contribution in [0.15, 0.2) is 36.7 Å². The van der Waals surface area contributed by atoms with Crippen molar-refractivity contribution in [3.63, 3.8) is 0 Å². The average molecular weight is 216 g/mol. The molecule has 0 bridgehead atoms. The third kappa shape index (κ3) is 1.93. The lowest BCUT2D eigenvalue weighted by Crippen LogP contribution is -2.14. The summed E-state index contributed by atoms with van der Waals surface area (Å²) in [4.78, 5) is 14.7. The molecule has 16 heavy (non-hydrogen) atoms. The summed E-state index contributed by atoms with van der Waals surface area (Å²) in [6.45, 7) is 1.98. The van der Waals surface area contributed by atoms with Gasteiger partial charge in [-0.2, -0.15) is 0 Å². The number of benzene rings is 1. The van der Waals surface area contributed by atoms with Gasteiger partial charge in [-0.15, -0.1) is 5.10 Å². The predicted molar refractivity (Wildman–Crippen MR) is 58.8 cm³/mol. The third-order valence-corrected chi connectivity index (χ3v) is 2.41. The fourth-order valence-electron chi connectivity index (χ4n) is 1.46. The molecule has 0 radical (unpaired) electrons. The van der Waals surface area contributed by atoms with E-state index in [2.05, 4.69) is 10.1 Å². The highest BCUT2D eigenvalue weighted by Gasteiger charge is 2.12. The number of primary amides is 1. The minimum absolute atomic E-state index is 0.0294. The summed E-state index contributed by atoms with van der Waals surface area (Å²) in [6, 6.07) is 9.89. The number of amides is 1. The maximum absolute atomic E-state index is 10.9.